The highest BCUT2D eigenvalue weighted by molar-refractivity contribution is 6.01. The first kappa shape index (κ1) is 16.4. The fraction of sp³-hybridized carbons (Fsp3) is 0.600. The molecule has 1 spiro atoms. The predicted molar refractivity (Wildman–Crippen MR) is 93.3 cm³/mol. The molecule has 0 N–H and O–H groups in total. The zero-order chi connectivity index (χ0) is 17.8. The molecule has 3 aliphatic rings. The summed E-state index contributed by atoms with van der Waals surface area (Å²) in [5.74, 6) is 1.71. The van der Waals surface area contributed by atoms with Gasteiger partial charge in [-0.2, -0.15) is 0 Å². The van der Waals surface area contributed by atoms with Gasteiger partial charge in [0.1, 0.15) is 22.7 Å². The number of Topliss-reactive ketones (excluding diaryl/α,β-unsaturated/α-hetero) is 1. The molecule has 3 heterocycles. The molecular weight excluding hydrogens is 318 g/mol. The molecule has 1 amide bonds. The van der Waals surface area contributed by atoms with Crippen molar-refractivity contribution in [2.45, 2.75) is 64.1 Å². The van der Waals surface area contributed by atoms with Gasteiger partial charge in [0.2, 0.25) is 5.91 Å². The summed E-state index contributed by atoms with van der Waals surface area (Å²) in [5, 5.41) is 0. The third-order valence-corrected chi connectivity index (χ3v) is 5.77. The number of hydrogen-bond donors (Lipinski definition) is 0. The van der Waals surface area contributed by atoms with Crippen LogP contribution in [0, 0.1) is 0 Å². The number of ether oxygens (including phenoxy) is 2. The van der Waals surface area contributed by atoms with Crippen molar-refractivity contribution in [1.82, 2.24) is 4.90 Å². The maximum absolute atomic E-state index is 12.8. The number of carbonyl (C=O) groups excluding carboxylic acids is 2. The summed E-state index contributed by atoms with van der Waals surface area (Å²) in [6.45, 7) is 7.05. The van der Waals surface area contributed by atoms with Crippen LogP contribution in [-0.4, -0.2) is 40.9 Å². The van der Waals surface area contributed by atoms with Crippen molar-refractivity contribution in [3.05, 3.63) is 23.3 Å². The smallest absolute Gasteiger partial charge is 0.219 e. The average molecular weight is 343 g/mol. The fourth-order valence-electron chi connectivity index (χ4n) is 4.14. The number of fused-ring (bicyclic) bond motifs is 2. The van der Waals surface area contributed by atoms with E-state index >= 15 is 0 Å². The maximum Gasteiger partial charge on any atom is 0.219 e. The summed E-state index contributed by atoms with van der Waals surface area (Å²) < 4.78 is 12.4. The highest BCUT2D eigenvalue weighted by atomic mass is 16.5. The Morgan fingerprint density at radius 2 is 1.80 bits per heavy atom. The SMILES string of the molecule is CC(=O)N1CCC2(CC1)CC(=O)c1cc3c(cc1O2)CCC(C)(C)O3. The van der Waals surface area contributed by atoms with E-state index in [4.69, 9.17) is 9.47 Å². The summed E-state index contributed by atoms with van der Waals surface area (Å²) in [5.41, 5.74) is 1.10. The molecule has 0 aromatic heterocycles. The molecule has 0 atom stereocenters. The number of likely N-dealkylation sites (tertiary alicyclic amines) is 1. The Morgan fingerprint density at radius 1 is 1.08 bits per heavy atom. The van der Waals surface area contributed by atoms with Crippen LogP contribution in [0.15, 0.2) is 12.1 Å². The van der Waals surface area contributed by atoms with Crippen LogP contribution in [-0.2, 0) is 11.2 Å². The summed E-state index contributed by atoms with van der Waals surface area (Å²) in [7, 11) is 0. The van der Waals surface area contributed by atoms with E-state index < -0.39 is 5.60 Å². The second-order valence-corrected chi connectivity index (χ2v) is 8.21. The van der Waals surface area contributed by atoms with Gasteiger partial charge in [-0.15, -0.1) is 0 Å². The van der Waals surface area contributed by atoms with Crippen molar-refractivity contribution in [3.63, 3.8) is 0 Å². The first-order valence-electron chi connectivity index (χ1n) is 9.11. The molecule has 1 fully saturated rings. The summed E-state index contributed by atoms with van der Waals surface area (Å²) in [4.78, 5) is 26.2. The molecule has 1 aromatic carbocycles. The minimum atomic E-state index is -0.459. The van der Waals surface area contributed by atoms with E-state index in [1.807, 2.05) is 17.0 Å². The van der Waals surface area contributed by atoms with Crippen LogP contribution in [0.4, 0.5) is 0 Å². The highest BCUT2D eigenvalue weighted by Gasteiger charge is 2.44. The zero-order valence-electron chi connectivity index (χ0n) is 15.2. The number of carbonyl (C=O) groups is 2. The van der Waals surface area contributed by atoms with Crippen LogP contribution in [0.1, 0.15) is 62.4 Å². The van der Waals surface area contributed by atoms with Crippen LogP contribution >= 0.6 is 0 Å². The standard InChI is InChI=1S/C20H25NO4/c1-13(22)21-8-6-20(7-9-21)12-16(23)15-11-17-14(10-18(15)25-20)4-5-19(2,3)24-17/h10-11H,4-9,12H2,1-3H3. The molecule has 1 saturated heterocycles. The van der Waals surface area contributed by atoms with Crippen molar-refractivity contribution in [2.24, 2.45) is 0 Å². The van der Waals surface area contributed by atoms with E-state index in [0.717, 1.165) is 24.2 Å². The number of aryl methyl sites for hydroxylation is 1. The molecule has 5 heteroatoms. The van der Waals surface area contributed by atoms with Crippen molar-refractivity contribution in [2.75, 3.05) is 13.1 Å². The average Bonchev–Trinajstić information content (AvgIpc) is 2.53. The number of ketones is 1. The molecule has 25 heavy (non-hydrogen) atoms. The van der Waals surface area contributed by atoms with Gasteiger partial charge < -0.3 is 14.4 Å². The van der Waals surface area contributed by atoms with Crippen LogP contribution in [0.25, 0.3) is 0 Å². The van der Waals surface area contributed by atoms with Gasteiger partial charge in [0, 0.05) is 32.9 Å². The van der Waals surface area contributed by atoms with E-state index in [-0.39, 0.29) is 17.3 Å². The Bertz CT molecular complexity index is 744. The first-order chi connectivity index (χ1) is 11.8. The predicted octanol–water partition coefficient (Wildman–Crippen LogP) is 3.14. The van der Waals surface area contributed by atoms with Gasteiger partial charge in [0.05, 0.1) is 12.0 Å². The normalized spacial score (nSPS) is 23.3. The lowest BCUT2D eigenvalue weighted by molar-refractivity contribution is -0.132. The van der Waals surface area contributed by atoms with Crippen molar-refractivity contribution < 1.29 is 19.1 Å². The number of piperidine rings is 1. The Morgan fingerprint density at radius 3 is 2.48 bits per heavy atom. The van der Waals surface area contributed by atoms with Gasteiger partial charge >= 0.3 is 0 Å². The van der Waals surface area contributed by atoms with Crippen LogP contribution in [0.2, 0.25) is 0 Å². The third kappa shape index (κ3) is 2.90. The van der Waals surface area contributed by atoms with Gasteiger partial charge in [-0.3, -0.25) is 9.59 Å². The summed E-state index contributed by atoms with van der Waals surface area (Å²) in [6.07, 6.45) is 3.68. The van der Waals surface area contributed by atoms with Gasteiger partial charge in [0.25, 0.3) is 0 Å². The van der Waals surface area contributed by atoms with Crippen LogP contribution < -0.4 is 9.47 Å². The zero-order valence-corrected chi connectivity index (χ0v) is 15.2. The monoisotopic (exact) mass is 343 g/mol. The molecule has 5 nitrogen and oxygen atoms in total. The lowest BCUT2D eigenvalue weighted by atomic mass is 9.81. The second-order valence-electron chi connectivity index (χ2n) is 8.21. The molecule has 0 unspecified atom stereocenters. The van der Waals surface area contributed by atoms with Crippen molar-refractivity contribution in [3.8, 4) is 11.5 Å². The Hall–Kier alpha value is -2.04. The second kappa shape index (κ2) is 5.48. The van der Waals surface area contributed by atoms with E-state index in [0.29, 0.717) is 43.7 Å². The van der Waals surface area contributed by atoms with E-state index in [9.17, 15) is 9.59 Å². The Balaban J connectivity index is 1.62. The largest absolute Gasteiger partial charge is 0.488 e. The Labute approximate surface area is 148 Å². The summed E-state index contributed by atoms with van der Waals surface area (Å²) in [6, 6.07) is 3.86. The molecular formula is C20H25NO4. The number of amides is 1. The first-order valence-corrected chi connectivity index (χ1v) is 9.11. The van der Waals surface area contributed by atoms with Gasteiger partial charge in [-0.05, 0) is 44.4 Å². The molecule has 1 aromatic rings. The number of nitrogens with zero attached hydrogens (tertiary/aromatic N) is 1. The number of benzene rings is 1. The molecule has 4 rings (SSSR count). The molecule has 0 radical (unpaired) electrons. The lowest BCUT2D eigenvalue weighted by Gasteiger charge is -2.44. The van der Waals surface area contributed by atoms with Gasteiger partial charge in [-0.1, -0.05) is 0 Å². The topological polar surface area (TPSA) is 55.8 Å². The quantitative estimate of drug-likeness (QED) is 0.726. The maximum atomic E-state index is 12.8. The van der Waals surface area contributed by atoms with E-state index in [1.165, 1.54) is 0 Å². The fourth-order valence-corrected chi connectivity index (χ4v) is 4.14. The minimum Gasteiger partial charge on any atom is -0.488 e. The van der Waals surface area contributed by atoms with E-state index in [1.54, 1.807) is 6.92 Å². The third-order valence-electron chi connectivity index (χ3n) is 5.77. The summed E-state index contributed by atoms with van der Waals surface area (Å²) >= 11 is 0. The van der Waals surface area contributed by atoms with Gasteiger partial charge in [0.15, 0.2) is 5.78 Å². The molecule has 3 aliphatic heterocycles. The highest BCUT2D eigenvalue weighted by Crippen LogP contribution is 2.44. The number of hydrogen-bond acceptors (Lipinski definition) is 4. The van der Waals surface area contributed by atoms with Crippen molar-refractivity contribution >= 4 is 11.7 Å². The molecule has 0 aliphatic carbocycles. The van der Waals surface area contributed by atoms with Crippen molar-refractivity contribution in [1.29, 1.82) is 0 Å². The van der Waals surface area contributed by atoms with Crippen LogP contribution in [0.3, 0.4) is 0 Å². The van der Waals surface area contributed by atoms with Gasteiger partial charge in [-0.25, -0.2) is 0 Å². The molecule has 0 saturated carbocycles. The van der Waals surface area contributed by atoms with E-state index in [2.05, 4.69) is 13.8 Å². The van der Waals surface area contributed by atoms with Crippen LogP contribution in [0.5, 0.6) is 11.5 Å². The lowest BCUT2D eigenvalue weighted by Crippen LogP contribution is -2.52. The molecule has 134 valence electrons. The molecule has 0 bridgehead atoms. The Kier molecular flexibility index (Phi) is 3.60. The minimum absolute atomic E-state index is 0.0891. The number of rotatable bonds is 0.